The maximum Gasteiger partial charge on any atom is 0.251 e. The summed E-state index contributed by atoms with van der Waals surface area (Å²) >= 11 is 0. The van der Waals surface area contributed by atoms with Gasteiger partial charge in [0, 0.05) is 13.1 Å². The summed E-state index contributed by atoms with van der Waals surface area (Å²) in [7, 11) is 1.96. The molecule has 0 aromatic rings. The summed E-state index contributed by atoms with van der Waals surface area (Å²) < 4.78 is 6.04. The van der Waals surface area contributed by atoms with Gasteiger partial charge in [0.25, 0.3) is 5.91 Å². The highest BCUT2D eigenvalue weighted by atomic mass is 16.5. The number of carbonyl (C=O) groups excluding carboxylic acids is 1. The molecule has 2 saturated carbocycles. The zero-order chi connectivity index (χ0) is 14.5. The maximum absolute atomic E-state index is 12.5. The van der Waals surface area contributed by atoms with Crippen LogP contribution >= 0.6 is 0 Å². The van der Waals surface area contributed by atoms with E-state index in [0.29, 0.717) is 6.04 Å². The van der Waals surface area contributed by atoms with Gasteiger partial charge in [-0.3, -0.25) is 4.79 Å². The molecule has 0 heterocycles. The van der Waals surface area contributed by atoms with Gasteiger partial charge in [0.15, 0.2) is 0 Å². The van der Waals surface area contributed by atoms with Crippen LogP contribution in [0.1, 0.15) is 71.6 Å². The molecule has 0 N–H and O–H groups in total. The fraction of sp³-hybridized carbons (Fsp3) is 0.941. The molecule has 2 aliphatic rings. The fourth-order valence-corrected chi connectivity index (χ4v) is 3.78. The summed E-state index contributed by atoms with van der Waals surface area (Å²) in [6.45, 7) is 4.22. The molecule has 3 nitrogen and oxygen atoms in total. The number of amides is 1. The van der Waals surface area contributed by atoms with E-state index in [4.69, 9.17) is 4.74 Å². The van der Waals surface area contributed by atoms with Crippen LogP contribution in [0.4, 0.5) is 0 Å². The van der Waals surface area contributed by atoms with Crippen molar-refractivity contribution in [1.29, 1.82) is 0 Å². The molecule has 0 saturated heterocycles. The Morgan fingerprint density at radius 1 is 1.10 bits per heavy atom. The van der Waals surface area contributed by atoms with Gasteiger partial charge in [0.1, 0.15) is 6.10 Å². The van der Waals surface area contributed by atoms with E-state index in [1.165, 1.54) is 32.1 Å². The smallest absolute Gasteiger partial charge is 0.251 e. The van der Waals surface area contributed by atoms with Gasteiger partial charge in [-0.1, -0.05) is 39.0 Å². The third-order valence-electron chi connectivity index (χ3n) is 5.10. The summed E-state index contributed by atoms with van der Waals surface area (Å²) in [6, 6.07) is 0.438. The predicted molar refractivity (Wildman–Crippen MR) is 81.6 cm³/mol. The molecule has 0 spiro atoms. The molecule has 20 heavy (non-hydrogen) atoms. The molecule has 0 aromatic heterocycles. The highest BCUT2D eigenvalue weighted by Crippen LogP contribution is 2.27. The Hall–Kier alpha value is -0.570. The lowest BCUT2D eigenvalue weighted by atomic mass is 9.88. The van der Waals surface area contributed by atoms with Crippen LogP contribution in [-0.2, 0) is 9.53 Å². The van der Waals surface area contributed by atoms with E-state index in [1.807, 2.05) is 18.9 Å². The Balaban J connectivity index is 1.81. The van der Waals surface area contributed by atoms with Gasteiger partial charge >= 0.3 is 0 Å². The van der Waals surface area contributed by atoms with Crippen LogP contribution in [0.3, 0.4) is 0 Å². The molecule has 2 aliphatic carbocycles. The van der Waals surface area contributed by atoms with Gasteiger partial charge in [-0.2, -0.15) is 0 Å². The van der Waals surface area contributed by atoms with E-state index < -0.39 is 0 Å². The third kappa shape index (κ3) is 4.21. The van der Waals surface area contributed by atoms with Gasteiger partial charge in [-0.15, -0.1) is 0 Å². The van der Waals surface area contributed by atoms with Crippen molar-refractivity contribution < 1.29 is 9.53 Å². The van der Waals surface area contributed by atoms with Crippen molar-refractivity contribution in [3.05, 3.63) is 0 Å². The molecule has 0 bridgehead atoms. The van der Waals surface area contributed by atoms with Crippen molar-refractivity contribution in [2.45, 2.75) is 89.9 Å². The summed E-state index contributed by atoms with van der Waals surface area (Å²) in [5.74, 6) is 0.919. The zero-order valence-corrected chi connectivity index (χ0v) is 13.4. The topological polar surface area (TPSA) is 29.5 Å². The van der Waals surface area contributed by atoms with E-state index in [-0.39, 0.29) is 18.1 Å². The van der Waals surface area contributed by atoms with Crippen LogP contribution in [0, 0.1) is 5.92 Å². The predicted octanol–water partition coefficient (Wildman–Crippen LogP) is 3.76. The summed E-state index contributed by atoms with van der Waals surface area (Å²) in [5.41, 5.74) is 0. The zero-order valence-electron chi connectivity index (χ0n) is 13.4. The van der Waals surface area contributed by atoms with Crippen molar-refractivity contribution in [2.75, 3.05) is 7.05 Å². The summed E-state index contributed by atoms with van der Waals surface area (Å²) in [6.07, 6.45) is 11.0. The Morgan fingerprint density at radius 3 is 2.45 bits per heavy atom. The van der Waals surface area contributed by atoms with Gasteiger partial charge in [0.05, 0.1) is 6.10 Å². The van der Waals surface area contributed by atoms with Crippen LogP contribution < -0.4 is 0 Å². The molecule has 3 heteroatoms. The highest BCUT2D eigenvalue weighted by Gasteiger charge is 2.29. The number of hydrogen-bond acceptors (Lipinski definition) is 2. The average molecular weight is 281 g/mol. The van der Waals surface area contributed by atoms with E-state index >= 15 is 0 Å². The van der Waals surface area contributed by atoms with Gasteiger partial charge in [0.2, 0.25) is 0 Å². The van der Waals surface area contributed by atoms with Crippen LogP contribution in [0.25, 0.3) is 0 Å². The Morgan fingerprint density at radius 2 is 1.80 bits per heavy atom. The number of hydrogen-bond donors (Lipinski definition) is 0. The minimum absolute atomic E-state index is 0.176. The van der Waals surface area contributed by atoms with Crippen LogP contribution in [0.5, 0.6) is 0 Å². The van der Waals surface area contributed by atoms with E-state index in [1.54, 1.807) is 0 Å². The van der Waals surface area contributed by atoms with Crippen LogP contribution in [0.2, 0.25) is 0 Å². The molecule has 0 unspecified atom stereocenters. The average Bonchev–Trinajstić information content (AvgIpc) is 2.46. The minimum atomic E-state index is -0.280. The minimum Gasteiger partial charge on any atom is -0.365 e. The van der Waals surface area contributed by atoms with Crippen molar-refractivity contribution in [1.82, 2.24) is 4.90 Å². The lowest BCUT2D eigenvalue weighted by molar-refractivity contribution is -0.149. The molecule has 0 radical (unpaired) electrons. The first-order valence-corrected chi connectivity index (χ1v) is 8.50. The number of ether oxygens (including phenoxy) is 1. The number of carbonyl (C=O) groups is 1. The third-order valence-corrected chi connectivity index (χ3v) is 5.10. The monoisotopic (exact) mass is 281 g/mol. The van der Waals surface area contributed by atoms with Crippen molar-refractivity contribution in [2.24, 2.45) is 5.92 Å². The second-order valence-corrected chi connectivity index (χ2v) is 6.91. The largest absolute Gasteiger partial charge is 0.365 e. The van der Waals surface area contributed by atoms with E-state index in [0.717, 1.165) is 31.6 Å². The maximum atomic E-state index is 12.5. The standard InChI is InChI=1S/C17H31NO2/c1-13-8-7-11-16(12-13)20-14(2)17(19)18(3)15-9-5-4-6-10-15/h13-16H,4-12H2,1-3H3/t13-,14-,16+/m1/s1. The SMILES string of the molecule is C[C@@H]1CCC[C@H](O[C@H](C)C(=O)N(C)C2CCCCC2)C1. The molecule has 3 atom stereocenters. The molecule has 1 amide bonds. The van der Waals surface area contributed by atoms with E-state index in [9.17, 15) is 4.79 Å². The van der Waals surface area contributed by atoms with Crippen molar-refractivity contribution in [3.8, 4) is 0 Å². The Labute approximate surface area is 124 Å². The summed E-state index contributed by atoms with van der Waals surface area (Å²) in [5, 5.41) is 0. The molecule has 0 aromatic carbocycles. The second kappa shape index (κ2) is 7.44. The highest BCUT2D eigenvalue weighted by molar-refractivity contribution is 5.80. The first kappa shape index (κ1) is 15.8. The van der Waals surface area contributed by atoms with Crippen molar-refractivity contribution in [3.63, 3.8) is 0 Å². The molecular weight excluding hydrogens is 250 g/mol. The van der Waals surface area contributed by atoms with Crippen LogP contribution in [0.15, 0.2) is 0 Å². The summed E-state index contributed by atoms with van der Waals surface area (Å²) in [4.78, 5) is 14.5. The van der Waals surface area contributed by atoms with Gasteiger partial charge in [-0.25, -0.2) is 0 Å². The quantitative estimate of drug-likeness (QED) is 0.785. The number of likely N-dealkylation sites (N-methyl/N-ethyl adjacent to an activating group) is 1. The Kier molecular flexibility index (Phi) is 5.88. The molecule has 0 aliphatic heterocycles. The van der Waals surface area contributed by atoms with Crippen molar-refractivity contribution >= 4 is 5.91 Å². The van der Waals surface area contributed by atoms with Gasteiger partial charge < -0.3 is 9.64 Å². The van der Waals surface area contributed by atoms with Crippen LogP contribution in [-0.4, -0.2) is 36.1 Å². The van der Waals surface area contributed by atoms with Gasteiger partial charge in [-0.05, 0) is 38.5 Å². The normalized spacial score (nSPS) is 29.9. The Bertz CT molecular complexity index is 312. The lowest BCUT2D eigenvalue weighted by Crippen LogP contribution is -2.45. The molecular formula is C17H31NO2. The fourth-order valence-electron chi connectivity index (χ4n) is 3.78. The first-order valence-electron chi connectivity index (χ1n) is 8.50. The lowest BCUT2D eigenvalue weighted by Gasteiger charge is -2.34. The molecule has 116 valence electrons. The first-order chi connectivity index (χ1) is 9.58. The molecule has 2 rings (SSSR count). The van der Waals surface area contributed by atoms with E-state index in [2.05, 4.69) is 6.92 Å². The number of nitrogens with zero attached hydrogens (tertiary/aromatic N) is 1. The second-order valence-electron chi connectivity index (χ2n) is 6.91. The molecule has 2 fully saturated rings. The number of rotatable bonds is 4.